The maximum Gasteiger partial charge on any atom is 0.225 e. The minimum Gasteiger partial charge on any atom is -0.424 e. The molecule has 1 aliphatic carbocycles. The van der Waals surface area contributed by atoms with Crippen LogP contribution in [-0.4, -0.2) is 16.7 Å². The highest BCUT2D eigenvalue weighted by Crippen LogP contribution is 2.33. The van der Waals surface area contributed by atoms with Crippen molar-refractivity contribution in [3.63, 3.8) is 0 Å². The highest BCUT2D eigenvalue weighted by Gasteiger charge is 2.24. The number of nitrogens with zero attached hydrogens (tertiary/aromatic N) is 2. The molecule has 1 aliphatic rings. The Bertz CT molecular complexity index is 532. The topological polar surface area (TPSA) is 64.9 Å². The van der Waals surface area contributed by atoms with Gasteiger partial charge < -0.3 is 10.2 Å². The summed E-state index contributed by atoms with van der Waals surface area (Å²) in [5, 5.41) is 8.50. The third-order valence-electron chi connectivity index (χ3n) is 4.15. The molecule has 1 fully saturated rings. The van der Waals surface area contributed by atoms with Crippen LogP contribution in [0.25, 0.3) is 0 Å². The molecule has 2 N–H and O–H groups in total. The van der Waals surface area contributed by atoms with Gasteiger partial charge in [0.15, 0.2) is 0 Å². The number of nitrogens with two attached hydrogens (primary N) is 1. The normalized spacial score (nSPS) is 18.1. The molecule has 1 aromatic carbocycles. The van der Waals surface area contributed by atoms with E-state index in [4.69, 9.17) is 10.2 Å². The third kappa shape index (κ3) is 2.75. The summed E-state index contributed by atoms with van der Waals surface area (Å²) in [6.45, 7) is 0.482. The summed E-state index contributed by atoms with van der Waals surface area (Å²) in [6, 6.07) is 10.1. The molecule has 0 bridgehead atoms. The van der Waals surface area contributed by atoms with Gasteiger partial charge in [-0.1, -0.05) is 49.6 Å². The van der Waals surface area contributed by atoms with Gasteiger partial charge in [0.2, 0.25) is 11.8 Å². The second kappa shape index (κ2) is 6.18. The molecule has 1 atom stereocenters. The standard InChI is InChI=1S/C16H21N3O/c17-11-14(12-7-3-1-4-8-12)16-19-18-15(20-16)13-9-5-2-6-10-13/h1,3-4,7-8,13-14H,2,5-6,9-11,17H2. The maximum absolute atomic E-state index is 5.93. The molecule has 20 heavy (non-hydrogen) atoms. The molecule has 3 rings (SSSR count). The summed E-state index contributed by atoms with van der Waals surface area (Å²) in [7, 11) is 0. The fraction of sp³-hybridized carbons (Fsp3) is 0.500. The first kappa shape index (κ1) is 13.3. The molecule has 1 aromatic heterocycles. The van der Waals surface area contributed by atoms with Gasteiger partial charge in [-0.15, -0.1) is 10.2 Å². The summed E-state index contributed by atoms with van der Waals surface area (Å²) in [4.78, 5) is 0. The summed E-state index contributed by atoms with van der Waals surface area (Å²) >= 11 is 0. The fourth-order valence-corrected chi connectivity index (χ4v) is 2.97. The molecule has 4 nitrogen and oxygen atoms in total. The second-order valence-corrected chi connectivity index (χ2v) is 5.51. The molecule has 106 valence electrons. The molecule has 2 aromatic rings. The van der Waals surface area contributed by atoms with Crippen LogP contribution in [0.1, 0.15) is 61.3 Å². The molecule has 1 heterocycles. The van der Waals surface area contributed by atoms with Crippen molar-refractivity contribution in [2.45, 2.75) is 43.9 Å². The first-order valence-corrected chi connectivity index (χ1v) is 7.47. The van der Waals surface area contributed by atoms with Crippen LogP contribution < -0.4 is 5.73 Å². The molecule has 0 radical (unpaired) electrons. The third-order valence-corrected chi connectivity index (χ3v) is 4.15. The second-order valence-electron chi connectivity index (χ2n) is 5.51. The van der Waals surface area contributed by atoms with Crippen molar-refractivity contribution in [2.75, 3.05) is 6.54 Å². The van der Waals surface area contributed by atoms with Gasteiger partial charge in [0.25, 0.3) is 0 Å². The summed E-state index contributed by atoms with van der Waals surface area (Å²) in [5.41, 5.74) is 7.03. The minimum atomic E-state index is 0.000963. The zero-order valence-electron chi connectivity index (χ0n) is 11.7. The first-order chi connectivity index (χ1) is 9.88. The Morgan fingerprint density at radius 2 is 1.85 bits per heavy atom. The molecular formula is C16H21N3O. The van der Waals surface area contributed by atoms with E-state index in [2.05, 4.69) is 22.3 Å². The van der Waals surface area contributed by atoms with E-state index < -0.39 is 0 Å². The van der Waals surface area contributed by atoms with Gasteiger partial charge in [0.1, 0.15) is 0 Å². The predicted molar refractivity (Wildman–Crippen MR) is 77.5 cm³/mol. The van der Waals surface area contributed by atoms with Gasteiger partial charge in [-0.05, 0) is 18.4 Å². The van der Waals surface area contributed by atoms with Crippen LogP contribution in [0.3, 0.4) is 0 Å². The molecular weight excluding hydrogens is 250 g/mol. The van der Waals surface area contributed by atoms with Crippen molar-refractivity contribution in [3.8, 4) is 0 Å². The van der Waals surface area contributed by atoms with Crippen molar-refractivity contribution in [2.24, 2.45) is 5.73 Å². The number of rotatable bonds is 4. The molecule has 4 heteroatoms. The predicted octanol–water partition coefficient (Wildman–Crippen LogP) is 3.21. The Morgan fingerprint density at radius 1 is 1.10 bits per heavy atom. The smallest absolute Gasteiger partial charge is 0.225 e. The highest BCUT2D eigenvalue weighted by atomic mass is 16.4. The summed E-state index contributed by atoms with van der Waals surface area (Å²) in [6.07, 6.45) is 6.19. The van der Waals surface area contributed by atoms with Crippen LogP contribution in [0, 0.1) is 0 Å². The van der Waals surface area contributed by atoms with Crippen molar-refractivity contribution in [3.05, 3.63) is 47.7 Å². The molecule has 0 aliphatic heterocycles. The van der Waals surface area contributed by atoms with Gasteiger partial charge in [0, 0.05) is 12.5 Å². The van der Waals surface area contributed by atoms with E-state index in [0.29, 0.717) is 18.4 Å². The number of hydrogen-bond acceptors (Lipinski definition) is 4. The molecule has 0 saturated heterocycles. The lowest BCUT2D eigenvalue weighted by Gasteiger charge is -2.17. The van der Waals surface area contributed by atoms with E-state index in [-0.39, 0.29) is 5.92 Å². The molecule has 0 spiro atoms. The van der Waals surface area contributed by atoms with Gasteiger partial charge in [-0.2, -0.15) is 0 Å². The van der Waals surface area contributed by atoms with Crippen molar-refractivity contribution < 1.29 is 4.42 Å². The molecule has 1 unspecified atom stereocenters. The number of aromatic nitrogens is 2. The quantitative estimate of drug-likeness (QED) is 0.927. The van der Waals surface area contributed by atoms with Crippen LogP contribution in [0.2, 0.25) is 0 Å². The molecule has 0 amide bonds. The van der Waals surface area contributed by atoms with E-state index in [1.807, 2.05) is 18.2 Å². The Hall–Kier alpha value is -1.68. The van der Waals surface area contributed by atoms with Gasteiger partial charge in [-0.3, -0.25) is 0 Å². The lowest BCUT2D eigenvalue weighted by Crippen LogP contribution is -2.14. The monoisotopic (exact) mass is 271 g/mol. The van der Waals surface area contributed by atoms with E-state index in [0.717, 1.165) is 11.5 Å². The van der Waals surface area contributed by atoms with Crippen LogP contribution in [0.15, 0.2) is 34.7 Å². The van der Waals surface area contributed by atoms with E-state index in [1.165, 1.54) is 32.1 Å². The summed E-state index contributed by atoms with van der Waals surface area (Å²) < 4.78 is 5.93. The van der Waals surface area contributed by atoms with Gasteiger partial charge >= 0.3 is 0 Å². The highest BCUT2D eigenvalue weighted by molar-refractivity contribution is 5.24. The Labute approximate surface area is 119 Å². The maximum atomic E-state index is 5.93. The number of benzene rings is 1. The first-order valence-electron chi connectivity index (χ1n) is 7.47. The van der Waals surface area contributed by atoms with Crippen LogP contribution >= 0.6 is 0 Å². The SMILES string of the molecule is NCC(c1ccccc1)c1nnc(C2CCCCC2)o1. The van der Waals surface area contributed by atoms with Gasteiger partial charge in [0.05, 0.1) is 5.92 Å². The Balaban J connectivity index is 1.81. The minimum absolute atomic E-state index is 0.000963. The summed E-state index contributed by atoms with van der Waals surface area (Å²) in [5.74, 6) is 1.90. The Kier molecular flexibility index (Phi) is 4.11. The van der Waals surface area contributed by atoms with E-state index >= 15 is 0 Å². The Morgan fingerprint density at radius 3 is 2.55 bits per heavy atom. The lowest BCUT2D eigenvalue weighted by atomic mass is 9.89. The van der Waals surface area contributed by atoms with Crippen LogP contribution in [-0.2, 0) is 0 Å². The fourth-order valence-electron chi connectivity index (χ4n) is 2.97. The lowest BCUT2D eigenvalue weighted by molar-refractivity contribution is 0.346. The van der Waals surface area contributed by atoms with Crippen molar-refractivity contribution in [1.82, 2.24) is 10.2 Å². The van der Waals surface area contributed by atoms with Crippen molar-refractivity contribution >= 4 is 0 Å². The van der Waals surface area contributed by atoms with E-state index in [1.54, 1.807) is 0 Å². The van der Waals surface area contributed by atoms with Crippen LogP contribution in [0.4, 0.5) is 0 Å². The average Bonchev–Trinajstić information content (AvgIpc) is 3.00. The van der Waals surface area contributed by atoms with Crippen LogP contribution in [0.5, 0.6) is 0 Å². The van der Waals surface area contributed by atoms with Crippen molar-refractivity contribution in [1.29, 1.82) is 0 Å². The molecule has 1 saturated carbocycles. The number of hydrogen-bond donors (Lipinski definition) is 1. The zero-order valence-corrected chi connectivity index (χ0v) is 11.7. The van der Waals surface area contributed by atoms with Gasteiger partial charge in [-0.25, -0.2) is 0 Å². The zero-order chi connectivity index (χ0) is 13.8. The largest absolute Gasteiger partial charge is 0.424 e. The van der Waals surface area contributed by atoms with E-state index in [9.17, 15) is 0 Å². The average molecular weight is 271 g/mol.